The fraction of sp³-hybridized carbons (Fsp3) is 0.0370. The minimum atomic E-state index is -0.685. The molecule has 276 valence electrons. The normalized spacial score (nSPS) is 17.5. The average Bonchev–Trinajstić information content (AvgIpc) is 3.65. The van der Waals surface area contributed by atoms with Crippen LogP contribution in [0.4, 0.5) is 0 Å². The van der Waals surface area contributed by atoms with Crippen molar-refractivity contribution in [3.05, 3.63) is 233 Å². The van der Waals surface area contributed by atoms with Gasteiger partial charge in [-0.1, -0.05) is 164 Å². The number of para-hydroxylation sites is 5. The summed E-state index contributed by atoms with van der Waals surface area (Å²) < 4.78 is 9.66. The van der Waals surface area contributed by atoms with Crippen LogP contribution in [0, 0.1) is 0 Å². The minimum absolute atomic E-state index is 0.506. The van der Waals surface area contributed by atoms with Crippen LogP contribution < -0.4 is 10.1 Å². The summed E-state index contributed by atoms with van der Waals surface area (Å²) in [6, 6.07) is 69.6. The molecule has 0 radical (unpaired) electrons. The highest BCUT2D eigenvalue weighted by Crippen LogP contribution is 2.61. The second-order valence-electron chi connectivity index (χ2n) is 15.7. The zero-order valence-corrected chi connectivity index (χ0v) is 31.8. The largest absolute Gasteiger partial charge is 0.456 e. The number of aliphatic imine (C=N–C) groups is 2. The van der Waals surface area contributed by atoms with Gasteiger partial charge in [0.05, 0.1) is 22.1 Å². The molecule has 3 aliphatic heterocycles. The van der Waals surface area contributed by atoms with Gasteiger partial charge in [-0.15, -0.1) is 0 Å². The fourth-order valence-corrected chi connectivity index (χ4v) is 10.1. The number of aromatic nitrogens is 1. The Morgan fingerprint density at radius 3 is 1.98 bits per heavy atom. The Labute approximate surface area is 340 Å². The standard InChI is InChI=1S/C54H34N4O/c1-3-15-35-31-37(29-27-33(35)13-1)51-55-52(38-30-28-34-14-2-4-16-36(34)32-38)57-53(56-51)41-19-12-23-45-50(41)59-48-26-10-7-21-43(48)54(45)42-20-6-9-25-47(42)58-46-24-8-5-17-39(46)40-18-11-22-44(54)49(40)58/h1-32,53H,(H,55,56,57). The molecule has 0 amide bonds. The second kappa shape index (κ2) is 12.1. The van der Waals surface area contributed by atoms with E-state index >= 15 is 0 Å². The van der Waals surface area contributed by atoms with Gasteiger partial charge >= 0.3 is 0 Å². The van der Waals surface area contributed by atoms with Crippen LogP contribution in [0.2, 0.25) is 0 Å². The maximum atomic E-state index is 7.19. The maximum Gasteiger partial charge on any atom is 0.159 e. The van der Waals surface area contributed by atoms with Crippen LogP contribution in [0.5, 0.6) is 11.5 Å². The van der Waals surface area contributed by atoms with Crippen molar-refractivity contribution in [2.75, 3.05) is 0 Å². The Morgan fingerprint density at radius 2 is 1.14 bits per heavy atom. The van der Waals surface area contributed by atoms with E-state index in [1.54, 1.807) is 0 Å². The van der Waals surface area contributed by atoms with E-state index in [2.05, 4.69) is 204 Å². The average molecular weight is 755 g/mol. The second-order valence-corrected chi connectivity index (χ2v) is 15.7. The van der Waals surface area contributed by atoms with Crippen molar-refractivity contribution >= 4 is 55.0 Å². The third-order valence-corrected chi connectivity index (χ3v) is 12.7. The van der Waals surface area contributed by atoms with E-state index in [1.807, 2.05) is 0 Å². The zero-order chi connectivity index (χ0) is 38.7. The van der Waals surface area contributed by atoms with E-state index < -0.39 is 11.6 Å². The summed E-state index contributed by atoms with van der Waals surface area (Å²) in [7, 11) is 0. The summed E-state index contributed by atoms with van der Waals surface area (Å²) >= 11 is 0. The predicted octanol–water partition coefficient (Wildman–Crippen LogP) is 12.4. The highest BCUT2D eigenvalue weighted by Gasteiger charge is 2.51. The first-order chi connectivity index (χ1) is 29.2. The highest BCUT2D eigenvalue weighted by molar-refractivity contribution is 6.15. The molecule has 1 N–H and O–H groups in total. The van der Waals surface area contributed by atoms with Crippen LogP contribution in [0.25, 0.3) is 49.0 Å². The monoisotopic (exact) mass is 754 g/mol. The van der Waals surface area contributed by atoms with Crippen LogP contribution in [-0.2, 0) is 5.41 Å². The molecule has 0 bridgehead atoms. The van der Waals surface area contributed by atoms with Gasteiger partial charge in [0, 0.05) is 38.6 Å². The van der Waals surface area contributed by atoms with Gasteiger partial charge < -0.3 is 14.6 Å². The molecule has 5 nitrogen and oxygen atoms in total. The SMILES string of the molecule is c1ccc2c(c1)Oc1c(C3N=C(c4ccc5ccccc5c4)N=C(c4ccc5ccccc5c4)N3)cccc1C21c2ccccc2-n2c3ccccc3c3cccc1c32. The van der Waals surface area contributed by atoms with Crippen LogP contribution >= 0.6 is 0 Å². The summed E-state index contributed by atoms with van der Waals surface area (Å²) in [6.45, 7) is 0. The van der Waals surface area contributed by atoms with Crippen LogP contribution in [-0.4, -0.2) is 16.2 Å². The highest BCUT2D eigenvalue weighted by atomic mass is 16.5. The van der Waals surface area contributed by atoms with Crippen LogP contribution in [0.3, 0.4) is 0 Å². The van der Waals surface area contributed by atoms with Gasteiger partial charge in [-0.3, -0.25) is 0 Å². The lowest BCUT2D eigenvalue weighted by Gasteiger charge is -2.45. The number of benzene rings is 9. The van der Waals surface area contributed by atoms with E-state index in [9.17, 15) is 0 Å². The van der Waals surface area contributed by atoms with E-state index in [0.717, 1.165) is 55.9 Å². The Balaban J connectivity index is 1.07. The number of amidine groups is 2. The molecule has 0 aliphatic carbocycles. The van der Waals surface area contributed by atoms with Crippen molar-refractivity contribution in [1.82, 2.24) is 9.88 Å². The van der Waals surface area contributed by atoms with Crippen molar-refractivity contribution in [1.29, 1.82) is 0 Å². The van der Waals surface area contributed by atoms with Crippen LogP contribution in [0.15, 0.2) is 204 Å². The van der Waals surface area contributed by atoms with Crippen molar-refractivity contribution in [2.24, 2.45) is 9.98 Å². The molecule has 3 aliphatic rings. The molecule has 0 fully saturated rings. The summed E-state index contributed by atoms with van der Waals surface area (Å²) in [4.78, 5) is 10.7. The first-order valence-corrected chi connectivity index (χ1v) is 20.2. The quantitative estimate of drug-likeness (QED) is 0.195. The Bertz CT molecular complexity index is 3480. The van der Waals surface area contributed by atoms with Gasteiger partial charge in [0.15, 0.2) is 12.0 Å². The van der Waals surface area contributed by atoms with Gasteiger partial charge in [0.2, 0.25) is 0 Å². The molecule has 1 aromatic heterocycles. The number of nitrogens with zero attached hydrogens (tertiary/aromatic N) is 3. The lowest BCUT2D eigenvalue weighted by Crippen LogP contribution is -2.39. The molecule has 2 unspecified atom stereocenters. The summed E-state index contributed by atoms with van der Waals surface area (Å²) in [5, 5.41) is 10.9. The number of nitrogens with one attached hydrogen (secondary N) is 1. The molecular weight excluding hydrogens is 721 g/mol. The van der Waals surface area contributed by atoms with Gasteiger partial charge in [-0.05, 0) is 63.0 Å². The first-order valence-electron chi connectivity index (χ1n) is 20.2. The lowest BCUT2D eigenvalue weighted by molar-refractivity contribution is 0.422. The third-order valence-electron chi connectivity index (χ3n) is 12.7. The topological polar surface area (TPSA) is 50.9 Å². The molecule has 10 aromatic rings. The van der Waals surface area contributed by atoms with Crippen molar-refractivity contribution in [3.8, 4) is 17.2 Å². The molecule has 59 heavy (non-hydrogen) atoms. The zero-order valence-electron chi connectivity index (χ0n) is 31.8. The number of ether oxygens (including phenoxy) is 1. The molecule has 9 aromatic carbocycles. The maximum absolute atomic E-state index is 7.19. The van der Waals surface area contributed by atoms with E-state index in [4.69, 9.17) is 14.7 Å². The van der Waals surface area contributed by atoms with Gasteiger partial charge in [0.25, 0.3) is 0 Å². The van der Waals surface area contributed by atoms with E-state index in [1.165, 1.54) is 49.4 Å². The number of rotatable bonds is 3. The Kier molecular flexibility index (Phi) is 6.64. The summed E-state index contributed by atoms with van der Waals surface area (Å²) in [5.74, 6) is 3.08. The molecule has 1 spiro atoms. The molecule has 2 atom stereocenters. The number of hydrogen-bond donors (Lipinski definition) is 1. The van der Waals surface area contributed by atoms with Gasteiger partial charge in [-0.25, -0.2) is 9.98 Å². The molecule has 4 heterocycles. The summed E-state index contributed by atoms with van der Waals surface area (Å²) in [6.07, 6.45) is -0.506. The Hall–Kier alpha value is -7.76. The summed E-state index contributed by atoms with van der Waals surface area (Å²) in [5.41, 5.74) is 10.5. The van der Waals surface area contributed by atoms with Gasteiger partial charge in [0.1, 0.15) is 17.3 Å². The molecule has 0 saturated carbocycles. The lowest BCUT2D eigenvalue weighted by atomic mass is 9.61. The number of hydrogen-bond acceptors (Lipinski definition) is 4. The number of fused-ring (bicyclic) bond motifs is 13. The smallest absolute Gasteiger partial charge is 0.159 e. The molecule has 13 rings (SSSR count). The van der Waals surface area contributed by atoms with E-state index in [-0.39, 0.29) is 0 Å². The van der Waals surface area contributed by atoms with Crippen molar-refractivity contribution < 1.29 is 4.74 Å². The Morgan fingerprint density at radius 1 is 0.508 bits per heavy atom. The molecular formula is C54H34N4O. The molecule has 5 heteroatoms. The molecule has 0 saturated heterocycles. The van der Waals surface area contributed by atoms with Crippen LogP contribution in [0.1, 0.15) is 45.1 Å². The predicted molar refractivity (Wildman–Crippen MR) is 240 cm³/mol. The minimum Gasteiger partial charge on any atom is -0.456 e. The fourth-order valence-electron chi connectivity index (χ4n) is 10.1. The van der Waals surface area contributed by atoms with E-state index in [0.29, 0.717) is 5.84 Å². The third kappa shape index (κ3) is 4.50. The van der Waals surface area contributed by atoms with Gasteiger partial charge in [-0.2, -0.15) is 0 Å². The van der Waals surface area contributed by atoms with Crippen molar-refractivity contribution in [2.45, 2.75) is 11.6 Å². The first kappa shape index (κ1) is 32.3. The van der Waals surface area contributed by atoms with Crippen molar-refractivity contribution in [3.63, 3.8) is 0 Å².